The van der Waals surface area contributed by atoms with Gasteiger partial charge in [-0.15, -0.1) is 0 Å². The minimum absolute atomic E-state index is 0.449. The molecule has 0 bridgehead atoms. The van der Waals surface area contributed by atoms with Gasteiger partial charge in [-0.05, 0) is 25.7 Å². The van der Waals surface area contributed by atoms with Crippen molar-refractivity contribution in [3.05, 3.63) is 11.9 Å². The molecule has 1 rings (SSSR count). The number of aromatic nitrogens is 2. The fraction of sp³-hybridized carbons (Fsp3) is 0.692. The van der Waals surface area contributed by atoms with Crippen molar-refractivity contribution in [1.29, 1.82) is 0 Å². The van der Waals surface area contributed by atoms with Gasteiger partial charge in [0, 0.05) is 6.07 Å². The van der Waals surface area contributed by atoms with Crippen LogP contribution in [0.15, 0.2) is 6.07 Å². The Hall–Kier alpha value is -0.869. The van der Waals surface area contributed by atoms with E-state index in [1.54, 1.807) is 0 Å². The zero-order valence-electron chi connectivity index (χ0n) is 14.2. The van der Waals surface area contributed by atoms with Crippen LogP contribution in [-0.4, -0.2) is 35.2 Å². The standard InChI is InChI=1S/C13H27N3O2Si3/c1-8-19(17)10-12-14-11(16-20(2,3)4)9-13(15-12)18-21(5,6)7/h9H,8,10H2,1-7H3,(H,14,15,16). The maximum Gasteiger partial charge on any atom is 0.284 e. The fourth-order valence-corrected chi connectivity index (χ4v) is 4.06. The third-order valence-corrected chi connectivity index (χ3v) is 5.74. The summed E-state index contributed by atoms with van der Waals surface area (Å²) < 4.78 is 17.8. The molecule has 21 heavy (non-hydrogen) atoms. The predicted molar refractivity (Wildman–Crippen MR) is 93.6 cm³/mol. The number of rotatable bonds is 7. The van der Waals surface area contributed by atoms with Crippen LogP contribution >= 0.6 is 0 Å². The van der Waals surface area contributed by atoms with Crippen molar-refractivity contribution >= 4 is 31.1 Å². The van der Waals surface area contributed by atoms with E-state index in [2.05, 4.69) is 54.2 Å². The highest BCUT2D eigenvalue weighted by molar-refractivity contribution is 6.79. The Morgan fingerprint density at radius 1 is 1.19 bits per heavy atom. The van der Waals surface area contributed by atoms with Crippen molar-refractivity contribution < 1.29 is 8.89 Å². The fourth-order valence-electron chi connectivity index (χ4n) is 1.67. The van der Waals surface area contributed by atoms with E-state index in [4.69, 9.17) is 4.43 Å². The Kier molecular flexibility index (Phi) is 6.00. The van der Waals surface area contributed by atoms with Gasteiger partial charge in [0.05, 0.1) is 6.04 Å². The third kappa shape index (κ3) is 7.63. The lowest BCUT2D eigenvalue weighted by Crippen LogP contribution is -2.33. The van der Waals surface area contributed by atoms with Crippen molar-refractivity contribution in [3.63, 3.8) is 0 Å². The molecule has 0 aliphatic heterocycles. The molecule has 0 radical (unpaired) electrons. The molecular formula is C13H27N3O2Si3. The number of hydrogen-bond donors (Lipinski definition) is 1. The molecular weight excluding hydrogens is 314 g/mol. The van der Waals surface area contributed by atoms with Crippen LogP contribution in [0.2, 0.25) is 45.3 Å². The molecule has 1 aromatic heterocycles. The molecule has 0 aliphatic rings. The molecule has 0 aromatic carbocycles. The smallest absolute Gasteiger partial charge is 0.284 e. The van der Waals surface area contributed by atoms with Crippen LogP contribution in [0.4, 0.5) is 5.82 Å². The van der Waals surface area contributed by atoms with Crippen LogP contribution in [0.3, 0.4) is 0 Å². The Morgan fingerprint density at radius 2 is 1.81 bits per heavy atom. The number of anilines is 1. The Morgan fingerprint density at radius 3 is 2.29 bits per heavy atom. The summed E-state index contributed by atoms with van der Waals surface area (Å²) in [5.41, 5.74) is 0. The topological polar surface area (TPSA) is 64.1 Å². The first-order valence-electron chi connectivity index (χ1n) is 7.35. The van der Waals surface area contributed by atoms with E-state index in [-0.39, 0.29) is 0 Å². The van der Waals surface area contributed by atoms with E-state index in [1.165, 1.54) is 0 Å². The van der Waals surface area contributed by atoms with Crippen molar-refractivity contribution in [1.82, 2.24) is 9.97 Å². The second kappa shape index (κ2) is 6.93. The van der Waals surface area contributed by atoms with E-state index < -0.39 is 25.2 Å². The molecule has 0 saturated heterocycles. The van der Waals surface area contributed by atoms with Crippen molar-refractivity contribution in [2.45, 2.75) is 58.3 Å². The number of nitrogens with one attached hydrogen (secondary N) is 1. The largest absolute Gasteiger partial charge is 0.531 e. The third-order valence-electron chi connectivity index (χ3n) is 2.41. The molecule has 5 nitrogen and oxygen atoms in total. The normalized spacial score (nSPS) is 12.1. The van der Waals surface area contributed by atoms with Gasteiger partial charge in [-0.1, -0.05) is 26.6 Å². The van der Waals surface area contributed by atoms with Crippen molar-refractivity contribution in [2.24, 2.45) is 0 Å². The summed E-state index contributed by atoms with van der Waals surface area (Å²) in [6.07, 6.45) is 0. The van der Waals surface area contributed by atoms with E-state index in [0.29, 0.717) is 23.8 Å². The van der Waals surface area contributed by atoms with Gasteiger partial charge in [-0.3, -0.25) is 0 Å². The van der Waals surface area contributed by atoms with Gasteiger partial charge in [0.25, 0.3) is 8.68 Å². The molecule has 0 spiro atoms. The van der Waals surface area contributed by atoms with E-state index >= 15 is 0 Å². The summed E-state index contributed by atoms with van der Waals surface area (Å²) in [6.45, 7) is 14.9. The Balaban J connectivity index is 3.10. The van der Waals surface area contributed by atoms with Gasteiger partial charge in [0.2, 0.25) is 14.2 Å². The first-order valence-corrected chi connectivity index (χ1v) is 16.1. The summed E-state index contributed by atoms with van der Waals surface area (Å²) >= 11 is 0. The van der Waals surface area contributed by atoms with E-state index in [0.717, 1.165) is 5.82 Å². The molecule has 0 fully saturated rings. The molecule has 1 aromatic rings. The van der Waals surface area contributed by atoms with E-state index in [1.807, 2.05) is 13.0 Å². The van der Waals surface area contributed by atoms with Crippen LogP contribution in [0.5, 0.6) is 5.88 Å². The van der Waals surface area contributed by atoms with Crippen LogP contribution in [0.1, 0.15) is 12.7 Å². The van der Waals surface area contributed by atoms with Gasteiger partial charge < -0.3 is 13.9 Å². The molecule has 0 atom stereocenters. The average Bonchev–Trinajstić information content (AvgIpc) is 2.23. The second-order valence-corrected chi connectivity index (χ2v) is 18.5. The van der Waals surface area contributed by atoms with Gasteiger partial charge >= 0.3 is 0 Å². The highest BCUT2D eigenvalue weighted by Gasteiger charge is 2.20. The minimum Gasteiger partial charge on any atom is -0.531 e. The van der Waals surface area contributed by atoms with Crippen LogP contribution < -0.4 is 9.41 Å². The van der Waals surface area contributed by atoms with Crippen molar-refractivity contribution in [3.8, 4) is 5.88 Å². The molecule has 1 heterocycles. The molecule has 0 amide bonds. The zero-order chi connectivity index (χ0) is 16.3. The van der Waals surface area contributed by atoms with Crippen molar-refractivity contribution in [2.75, 3.05) is 4.98 Å². The molecule has 0 aliphatic carbocycles. The summed E-state index contributed by atoms with van der Waals surface area (Å²) in [4.78, 5) is 12.4. The maximum atomic E-state index is 11.8. The molecule has 0 saturated carbocycles. The van der Waals surface area contributed by atoms with Gasteiger partial charge in [-0.2, -0.15) is 4.98 Å². The lowest BCUT2D eigenvalue weighted by Gasteiger charge is -2.22. The second-order valence-electron chi connectivity index (χ2n) is 7.17. The molecule has 118 valence electrons. The quantitative estimate of drug-likeness (QED) is 0.769. The zero-order valence-corrected chi connectivity index (χ0v) is 17.2. The first kappa shape index (κ1) is 18.2. The van der Waals surface area contributed by atoms with Gasteiger partial charge in [0.15, 0.2) is 0 Å². The lowest BCUT2D eigenvalue weighted by atomic mass is 10.5. The van der Waals surface area contributed by atoms with Gasteiger partial charge in [0.1, 0.15) is 19.9 Å². The molecule has 1 N–H and O–H groups in total. The monoisotopic (exact) mass is 341 g/mol. The van der Waals surface area contributed by atoms with Gasteiger partial charge in [-0.25, -0.2) is 4.98 Å². The first-order chi connectivity index (χ1) is 9.48. The maximum absolute atomic E-state index is 11.8. The summed E-state index contributed by atoms with van der Waals surface area (Å²) in [7, 11) is -4.87. The Bertz CT molecular complexity index is 476. The van der Waals surface area contributed by atoms with Crippen LogP contribution in [-0.2, 0) is 10.5 Å². The highest BCUT2D eigenvalue weighted by Crippen LogP contribution is 2.19. The minimum atomic E-state index is -1.73. The number of nitrogens with zero attached hydrogens (tertiary/aromatic N) is 2. The average molecular weight is 342 g/mol. The van der Waals surface area contributed by atoms with Crippen LogP contribution in [0, 0.1) is 0 Å². The lowest BCUT2D eigenvalue weighted by molar-refractivity contribution is 0.528. The van der Waals surface area contributed by atoms with Crippen LogP contribution in [0.25, 0.3) is 0 Å². The summed E-state index contributed by atoms with van der Waals surface area (Å²) in [6, 6.07) is 3.00. The summed E-state index contributed by atoms with van der Waals surface area (Å²) in [5, 5.41) is 0. The summed E-state index contributed by atoms with van der Waals surface area (Å²) in [5.74, 6) is 2.02. The predicted octanol–water partition coefficient (Wildman–Crippen LogP) is 3.46. The highest BCUT2D eigenvalue weighted by atomic mass is 28.4. The number of hydrogen-bond acceptors (Lipinski definition) is 5. The molecule has 0 unspecified atom stereocenters. The Labute approximate surface area is 131 Å². The molecule has 8 heteroatoms. The SMILES string of the molecule is CC[Si](=O)Cc1nc(N[Si](C)(C)C)cc(O[Si](C)(C)C)n1. The van der Waals surface area contributed by atoms with E-state index in [9.17, 15) is 4.46 Å².